The maximum atomic E-state index is 12.4. The molecule has 0 unspecified atom stereocenters. The molecule has 3 aromatic carbocycles. The Morgan fingerprint density at radius 3 is 2.45 bits per heavy atom. The van der Waals surface area contributed by atoms with Crippen LogP contribution in [0.3, 0.4) is 0 Å². The summed E-state index contributed by atoms with van der Waals surface area (Å²) in [4.78, 5) is 21.1. The Morgan fingerprint density at radius 1 is 0.935 bits per heavy atom. The number of benzene rings is 3. The van der Waals surface area contributed by atoms with Crippen LogP contribution in [0.25, 0.3) is 11.3 Å². The van der Waals surface area contributed by atoms with Gasteiger partial charge in [0.1, 0.15) is 12.1 Å². The Morgan fingerprint density at radius 2 is 1.71 bits per heavy atom. The van der Waals surface area contributed by atoms with Crippen molar-refractivity contribution in [1.82, 2.24) is 15.3 Å². The van der Waals surface area contributed by atoms with Crippen molar-refractivity contribution in [2.24, 2.45) is 0 Å². The molecule has 0 spiro atoms. The smallest absolute Gasteiger partial charge is 0.251 e. The maximum absolute atomic E-state index is 12.4. The van der Waals surface area contributed by atoms with E-state index in [-0.39, 0.29) is 5.91 Å². The normalized spacial score (nSPS) is 10.5. The van der Waals surface area contributed by atoms with Crippen LogP contribution in [-0.2, 0) is 6.54 Å². The standard InChI is InChI=1S/C25H21BrN4O/c1-17-3-2-4-20(13-17)23-14-24(29-16-28-23)30-22-11-7-19(8-12-22)25(31)27-15-18-5-9-21(26)10-6-18/h2-14,16H,15H2,1H3,(H,27,31)(H,28,29,30). The molecule has 1 heterocycles. The molecule has 0 radical (unpaired) electrons. The summed E-state index contributed by atoms with van der Waals surface area (Å²) in [6, 6.07) is 25.3. The summed E-state index contributed by atoms with van der Waals surface area (Å²) >= 11 is 3.41. The van der Waals surface area contributed by atoms with Gasteiger partial charge in [0.25, 0.3) is 5.91 Å². The van der Waals surface area contributed by atoms with Gasteiger partial charge in [-0.1, -0.05) is 51.8 Å². The van der Waals surface area contributed by atoms with Crippen LogP contribution in [0.1, 0.15) is 21.5 Å². The number of halogens is 1. The van der Waals surface area contributed by atoms with Gasteiger partial charge >= 0.3 is 0 Å². The molecule has 6 heteroatoms. The highest BCUT2D eigenvalue weighted by Crippen LogP contribution is 2.22. The van der Waals surface area contributed by atoms with Gasteiger partial charge in [0.05, 0.1) is 5.69 Å². The lowest BCUT2D eigenvalue weighted by Crippen LogP contribution is -2.22. The fraction of sp³-hybridized carbons (Fsp3) is 0.0800. The Bertz CT molecular complexity index is 1190. The summed E-state index contributed by atoms with van der Waals surface area (Å²) in [5.41, 5.74) is 5.57. The summed E-state index contributed by atoms with van der Waals surface area (Å²) < 4.78 is 1.01. The van der Waals surface area contributed by atoms with Crippen LogP contribution in [0, 0.1) is 6.92 Å². The van der Waals surface area contributed by atoms with E-state index in [1.165, 1.54) is 5.56 Å². The van der Waals surface area contributed by atoms with Gasteiger partial charge in [-0.2, -0.15) is 0 Å². The molecule has 0 bridgehead atoms. The molecule has 0 aliphatic heterocycles. The third kappa shape index (κ3) is 5.55. The molecular weight excluding hydrogens is 452 g/mol. The Hall–Kier alpha value is -3.51. The zero-order valence-corrected chi connectivity index (χ0v) is 18.6. The van der Waals surface area contributed by atoms with E-state index in [0.29, 0.717) is 17.9 Å². The number of aromatic nitrogens is 2. The average Bonchev–Trinajstić information content (AvgIpc) is 2.79. The summed E-state index contributed by atoms with van der Waals surface area (Å²) in [5, 5.41) is 6.21. The largest absolute Gasteiger partial charge is 0.348 e. The summed E-state index contributed by atoms with van der Waals surface area (Å²) in [6.45, 7) is 2.54. The van der Waals surface area contributed by atoms with E-state index in [1.807, 2.05) is 54.6 Å². The van der Waals surface area contributed by atoms with Gasteiger partial charge in [0.2, 0.25) is 0 Å². The second-order valence-electron chi connectivity index (χ2n) is 7.17. The first-order chi connectivity index (χ1) is 15.1. The zero-order chi connectivity index (χ0) is 21.6. The second-order valence-corrected chi connectivity index (χ2v) is 8.09. The molecule has 4 aromatic rings. The van der Waals surface area contributed by atoms with Crippen molar-refractivity contribution in [3.05, 3.63) is 106 Å². The molecule has 0 saturated carbocycles. The van der Waals surface area contributed by atoms with Crippen molar-refractivity contribution in [2.75, 3.05) is 5.32 Å². The highest BCUT2D eigenvalue weighted by molar-refractivity contribution is 9.10. The van der Waals surface area contributed by atoms with Crippen LogP contribution >= 0.6 is 15.9 Å². The predicted molar refractivity (Wildman–Crippen MR) is 127 cm³/mol. The minimum Gasteiger partial charge on any atom is -0.348 e. The van der Waals surface area contributed by atoms with Gasteiger partial charge in [-0.05, 0) is 55.0 Å². The Balaban J connectivity index is 1.40. The molecule has 1 amide bonds. The molecule has 4 rings (SSSR count). The third-order valence-corrected chi connectivity index (χ3v) is 5.30. The molecular formula is C25H21BrN4O. The molecule has 0 saturated heterocycles. The maximum Gasteiger partial charge on any atom is 0.251 e. The van der Waals surface area contributed by atoms with Crippen molar-refractivity contribution in [3.8, 4) is 11.3 Å². The predicted octanol–water partition coefficient (Wildman–Crippen LogP) is 5.89. The fourth-order valence-electron chi connectivity index (χ4n) is 3.13. The minimum absolute atomic E-state index is 0.113. The van der Waals surface area contributed by atoms with Crippen LogP contribution in [0.5, 0.6) is 0 Å². The van der Waals surface area contributed by atoms with Crippen LogP contribution in [0.4, 0.5) is 11.5 Å². The van der Waals surface area contributed by atoms with E-state index in [9.17, 15) is 4.79 Å². The highest BCUT2D eigenvalue weighted by Gasteiger charge is 2.07. The number of nitrogens with one attached hydrogen (secondary N) is 2. The second kappa shape index (κ2) is 9.53. The van der Waals surface area contributed by atoms with Crippen LogP contribution in [0.15, 0.2) is 89.7 Å². The molecule has 0 aliphatic rings. The molecule has 31 heavy (non-hydrogen) atoms. The molecule has 154 valence electrons. The lowest BCUT2D eigenvalue weighted by molar-refractivity contribution is 0.0951. The zero-order valence-electron chi connectivity index (χ0n) is 17.0. The van der Waals surface area contributed by atoms with Crippen molar-refractivity contribution >= 4 is 33.3 Å². The monoisotopic (exact) mass is 472 g/mol. The fourth-order valence-corrected chi connectivity index (χ4v) is 3.39. The van der Waals surface area contributed by atoms with Gasteiger partial charge in [0.15, 0.2) is 0 Å². The van der Waals surface area contributed by atoms with Crippen LogP contribution in [0.2, 0.25) is 0 Å². The lowest BCUT2D eigenvalue weighted by Gasteiger charge is -2.09. The van der Waals surface area contributed by atoms with Crippen molar-refractivity contribution in [1.29, 1.82) is 0 Å². The van der Waals surface area contributed by atoms with Crippen molar-refractivity contribution in [3.63, 3.8) is 0 Å². The summed E-state index contributed by atoms with van der Waals surface area (Å²) in [5.74, 6) is 0.581. The average molecular weight is 473 g/mol. The van der Waals surface area contributed by atoms with E-state index in [0.717, 1.165) is 27.0 Å². The van der Waals surface area contributed by atoms with Crippen molar-refractivity contribution in [2.45, 2.75) is 13.5 Å². The third-order valence-electron chi connectivity index (χ3n) is 4.77. The first-order valence-electron chi connectivity index (χ1n) is 9.86. The number of nitrogens with zero attached hydrogens (tertiary/aromatic N) is 2. The number of hydrogen-bond donors (Lipinski definition) is 2. The number of hydrogen-bond acceptors (Lipinski definition) is 4. The van der Waals surface area contributed by atoms with E-state index >= 15 is 0 Å². The molecule has 0 atom stereocenters. The molecule has 1 aromatic heterocycles. The first-order valence-corrected chi connectivity index (χ1v) is 10.6. The number of carbonyl (C=O) groups excluding carboxylic acids is 1. The van der Waals surface area contributed by atoms with Crippen LogP contribution < -0.4 is 10.6 Å². The number of amides is 1. The van der Waals surface area contributed by atoms with E-state index in [1.54, 1.807) is 18.5 Å². The first kappa shape index (κ1) is 20.8. The van der Waals surface area contributed by atoms with Crippen LogP contribution in [-0.4, -0.2) is 15.9 Å². The van der Waals surface area contributed by atoms with Gasteiger partial charge in [0, 0.05) is 33.9 Å². The summed E-state index contributed by atoms with van der Waals surface area (Å²) in [7, 11) is 0. The number of rotatable bonds is 6. The number of anilines is 2. The Labute approximate surface area is 189 Å². The SMILES string of the molecule is Cc1cccc(-c2cc(Nc3ccc(C(=O)NCc4ccc(Br)cc4)cc3)ncn2)c1. The van der Waals surface area contributed by atoms with E-state index in [2.05, 4.69) is 55.6 Å². The molecule has 0 aliphatic carbocycles. The molecule has 2 N–H and O–H groups in total. The van der Waals surface area contributed by atoms with Gasteiger partial charge in [-0.25, -0.2) is 9.97 Å². The van der Waals surface area contributed by atoms with Gasteiger partial charge in [-0.3, -0.25) is 4.79 Å². The minimum atomic E-state index is -0.113. The quantitative estimate of drug-likeness (QED) is 0.367. The van der Waals surface area contributed by atoms with Gasteiger partial charge in [-0.15, -0.1) is 0 Å². The number of aryl methyl sites for hydroxylation is 1. The summed E-state index contributed by atoms with van der Waals surface area (Å²) in [6.07, 6.45) is 1.55. The number of carbonyl (C=O) groups is 1. The highest BCUT2D eigenvalue weighted by atomic mass is 79.9. The molecule has 0 fully saturated rings. The van der Waals surface area contributed by atoms with Crippen molar-refractivity contribution < 1.29 is 4.79 Å². The topological polar surface area (TPSA) is 66.9 Å². The Kier molecular flexibility index (Phi) is 6.38. The van der Waals surface area contributed by atoms with E-state index in [4.69, 9.17) is 0 Å². The van der Waals surface area contributed by atoms with E-state index < -0.39 is 0 Å². The lowest BCUT2D eigenvalue weighted by atomic mass is 10.1. The molecule has 5 nitrogen and oxygen atoms in total. The van der Waals surface area contributed by atoms with Gasteiger partial charge < -0.3 is 10.6 Å².